The number of amides is 1. The van der Waals surface area contributed by atoms with Gasteiger partial charge in [-0.1, -0.05) is 29.8 Å². The number of aromatic amines is 1. The van der Waals surface area contributed by atoms with E-state index >= 15 is 0 Å². The van der Waals surface area contributed by atoms with Gasteiger partial charge in [0.2, 0.25) is 0 Å². The minimum absolute atomic E-state index is 0.0702. The minimum atomic E-state index is -0.0702. The Kier molecular flexibility index (Phi) is 5.03. The molecule has 35 heavy (non-hydrogen) atoms. The standard InChI is InChI=1S/C25H25ClN8O/c1-14-19(22(26)32(2)31-14)25(35)33-10-7-15(8-11-33)24-30-20(21-23(27)28-9-12-34(21)24)18-13-16-5-3-4-6-17(16)29-18/h3-6,9,12-13,15,29H,7-8,10-11H2,1-2H3,(H2,27,28). The quantitative estimate of drug-likeness (QED) is 0.396. The van der Waals surface area contributed by atoms with E-state index in [9.17, 15) is 4.79 Å². The Morgan fingerprint density at radius 3 is 2.71 bits per heavy atom. The number of carbonyl (C=O) groups is 1. The van der Waals surface area contributed by atoms with Crippen molar-refractivity contribution in [1.82, 2.24) is 34.0 Å². The van der Waals surface area contributed by atoms with E-state index in [1.807, 2.05) is 40.6 Å². The van der Waals surface area contributed by atoms with Crippen LogP contribution in [0.5, 0.6) is 0 Å². The number of nitrogens with one attached hydrogen (secondary N) is 1. The fraction of sp³-hybridized carbons (Fsp3) is 0.280. The Bertz CT molecular complexity index is 1560. The number of benzene rings is 1. The van der Waals surface area contributed by atoms with Gasteiger partial charge in [-0.2, -0.15) is 5.10 Å². The molecular weight excluding hydrogens is 464 g/mol. The van der Waals surface area contributed by atoms with Gasteiger partial charge in [-0.25, -0.2) is 9.97 Å². The summed E-state index contributed by atoms with van der Waals surface area (Å²) < 4.78 is 3.59. The van der Waals surface area contributed by atoms with Crippen LogP contribution in [0.15, 0.2) is 42.7 Å². The van der Waals surface area contributed by atoms with Crippen LogP contribution in [0.3, 0.4) is 0 Å². The van der Waals surface area contributed by atoms with Crippen LogP contribution in [0.1, 0.15) is 40.6 Å². The molecule has 0 spiro atoms. The third kappa shape index (κ3) is 3.46. The zero-order valence-electron chi connectivity index (χ0n) is 19.5. The van der Waals surface area contributed by atoms with E-state index in [0.29, 0.717) is 35.3 Å². The average molecular weight is 489 g/mol. The minimum Gasteiger partial charge on any atom is -0.382 e. The largest absolute Gasteiger partial charge is 0.382 e. The fourth-order valence-corrected chi connectivity index (χ4v) is 5.39. The number of aromatic nitrogens is 6. The second-order valence-corrected chi connectivity index (χ2v) is 9.42. The summed E-state index contributed by atoms with van der Waals surface area (Å²) in [6, 6.07) is 10.2. The molecule has 5 heterocycles. The molecule has 0 saturated carbocycles. The van der Waals surface area contributed by atoms with Crippen molar-refractivity contribution in [2.24, 2.45) is 7.05 Å². The number of nitrogens with zero attached hydrogens (tertiary/aromatic N) is 6. The number of hydrogen-bond donors (Lipinski definition) is 2. The summed E-state index contributed by atoms with van der Waals surface area (Å²) >= 11 is 6.34. The van der Waals surface area contributed by atoms with Gasteiger partial charge in [0.15, 0.2) is 0 Å². The van der Waals surface area contributed by atoms with Gasteiger partial charge in [0, 0.05) is 49.4 Å². The van der Waals surface area contributed by atoms with Crippen molar-refractivity contribution in [3.05, 3.63) is 65.0 Å². The molecule has 6 rings (SSSR count). The van der Waals surface area contributed by atoms with Crippen molar-refractivity contribution in [2.75, 3.05) is 18.8 Å². The smallest absolute Gasteiger partial charge is 0.258 e. The number of likely N-dealkylation sites (tertiary alicyclic amines) is 1. The summed E-state index contributed by atoms with van der Waals surface area (Å²) in [6.07, 6.45) is 5.19. The number of fused-ring (bicyclic) bond motifs is 2. The number of piperidine rings is 1. The first-order valence-corrected chi connectivity index (χ1v) is 12.0. The van der Waals surface area contributed by atoms with E-state index in [1.54, 1.807) is 13.2 Å². The Morgan fingerprint density at radius 1 is 1.23 bits per heavy atom. The number of rotatable bonds is 3. The molecule has 1 amide bonds. The van der Waals surface area contributed by atoms with Crippen molar-refractivity contribution in [3.63, 3.8) is 0 Å². The monoisotopic (exact) mass is 488 g/mol. The van der Waals surface area contributed by atoms with Crippen LogP contribution in [0.4, 0.5) is 5.82 Å². The SMILES string of the molecule is Cc1nn(C)c(Cl)c1C(=O)N1CCC(c2nc(-c3cc4ccccc4[nH]3)c3c(N)nccn23)CC1. The molecule has 1 saturated heterocycles. The highest BCUT2D eigenvalue weighted by atomic mass is 35.5. The molecule has 1 aromatic carbocycles. The van der Waals surface area contributed by atoms with Gasteiger partial charge >= 0.3 is 0 Å². The lowest BCUT2D eigenvalue weighted by Crippen LogP contribution is -2.38. The molecule has 0 atom stereocenters. The van der Waals surface area contributed by atoms with Crippen molar-refractivity contribution in [1.29, 1.82) is 0 Å². The molecule has 1 aliphatic heterocycles. The van der Waals surface area contributed by atoms with Crippen molar-refractivity contribution in [3.8, 4) is 11.4 Å². The first kappa shape index (κ1) is 21.7. The van der Waals surface area contributed by atoms with E-state index in [2.05, 4.69) is 27.2 Å². The molecule has 0 unspecified atom stereocenters. The second kappa shape index (κ2) is 8.13. The van der Waals surface area contributed by atoms with Crippen LogP contribution in [-0.4, -0.2) is 53.0 Å². The number of anilines is 1. The molecule has 0 radical (unpaired) electrons. The van der Waals surface area contributed by atoms with Crippen LogP contribution < -0.4 is 5.73 Å². The molecule has 10 heteroatoms. The molecule has 0 aliphatic carbocycles. The molecule has 3 N–H and O–H groups in total. The number of hydrogen-bond acceptors (Lipinski definition) is 5. The Balaban J connectivity index is 1.32. The number of H-pyrrole nitrogens is 1. The lowest BCUT2D eigenvalue weighted by atomic mass is 9.95. The van der Waals surface area contributed by atoms with Gasteiger partial charge in [0.05, 0.1) is 17.0 Å². The predicted octanol–water partition coefficient (Wildman–Crippen LogP) is 4.17. The normalized spacial score (nSPS) is 14.9. The highest BCUT2D eigenvalue weighted by Crippen LogP contribution is 2.35. The highest BCUT2D eigenvalue weighted by molar-refractivity contribution is 6.33. The summed E-state index contributed by atoms with van der Waals surface area (Å²) in [4.78, 5) is 27.9. The summed E-state index contributed by atoms with van der Waals surface area (Å²) in [5.74, 6) is 1.48. The van der Waals surface area contributed by atoms with E-state index in [0.717, 1.165) is 46.5 Å². The first-order valence-electron chi connectivity index (χ1n) is 11.6. The predicted molar refractivity (Wildman–Crippen MR) is 136 cm³/mol. The Labute approximate surface area is 206 Å². The molecule has 1 fully saturated rings. The van der Waals surface area contributed by atoms with Crippen LogP contribution in [0.25, 0.3) is 27.8 Å². The number of aryl methyl sites for hydroxylation is 2. The number of halogens is 1. The van der Waals surface area contributed by atoms with Crippen molar-refractivity contribution in [2.45, 2.75) is 25.7 Å². The maximum atomic E-state index is 13.2. The Hall–Kier alpha value is -3.85. The zero-order valence-corrected chi connectivity index (χ0v) is 20.3. The first-order chi connectivity index (χ1) is 16.9. The molecule has 9 nitrogen and oxygen atoms in total. The maximum absolute atomic E-state index is 13.2. The van der Waals surface area contributed by atoms with Gasteiger partial charge in [-0.15, -0.1) is 0 Å². The van der Waals surface area contributed by atoms with Gasteiger partial charge in [0.25, 0.3) is 5.91 Å². The Morgan fingerprint density at radius 2 is 2.00 bits per heavy atom. The van der Waals surface area contributed by atoms with Gasteiger partial charge in [0.1, 0.15) is 28.0 Å². The van der Waals surface area contributed by atoms with Crippen LogP contribution in [-0.2, 0) is 7.05 Å². The maximum Gasteiger partial charge on any atom is 0.258 e. The third-order valence-corrected chi connectivity index (χ3v) is 7.34. The number of carbonyl (C=O) groups excluding carboxylic acids is 1. The van der Waals surface area contributed by atoms with Crippen LogP contribution >= 0.6 is 11.6 Å². The lowest BCUT2D eigenvalue weighted by Gasteiger charge is -2.31. The molecule has 4 aromatic heterocycles. The fourth-order valence-electron chi connectivity index (χ4n) is 5.14. The van der Waals surface area contributed by atoms with Gasteiger partial charge in [-0.3, -0.25) is 13.9 Å². The summed E-state index contributed by atoms with van der Waals surface area (Å²) in [6.45, 7) is 3.04. The van der Waals surface area contributed by atoms with E-state index in [1.165, 1.54) is 4.68 Å². The van der Waals surface area contributed by atoms with Crippen molar-refractivity contribution < 1.29 is 4.79 Å². The average Bonchev–Trinajstić information content (AvgIpc) is 3.53. The van der Waals surface area contributed by atoms with Crippen molar-refractivity contribution >= 4 is 39.7 Å². The summed E-state index contributed by atoms with van der Waals surface area (Å²) in [7, 11) is 1.74. The summed E-state index contributed by atoms with van der Waals surface area (Å²) in [5, 5.41) is 5.77. The lowest BCUT2D eigenvalue weighted by molar-refractivity contribution is 0.0710. The molecule has 178 valence electrons. The highest BCUT2D eigenvalue weighted by Gasteiger charge is 2.31. The van der Waals surface area contributed by atoms with Gasteiger partial charge in [-0.05, 0) is 31.9 Å². The number of nitrogen functional groups attached to an aromatic ring is 1. The number of imidazole rings is 1. The molecular formula is C25H25ClN8O. The van der Waals surface area contributed by atoms with E-state index in [4.69, 9.17) is 22.3 Å². The van der Waals surface area contributed by atoms with E-state index in [-0.39, 0.29) is 11.8 Å². The molecule has 5 aromatic rings. The number of para-hydroxylation sites is 1. The van der Waals surface area contributed by atoms with Crippen LogP contribution in [0.2, 0.25) is 5.15 Å². The number of nitrogens with two attached hydrogens (primary N) is 1. The van der Waals surface area contributed by atoms with Crippen LogP contribution in [0, 0.1) is 6.92 Å². The van der Waals surface area contributed by atoms with Gasteiger partial charge < -0.3 is 15.6 Å². The molecule has 1 aliphatic rings. The summed E-state index contributed by atoms with van der Waals surface area (Å²) in [5.41, 5.74) is 11.0. The third-order valence-electron chi connectivity index (χ3n) is 6.91. The topological polar surface area (TPSA) is 110 Å². The van der Waals surface area contributed by atoms with E-state index < -0.39 is 0 Å². The zero-order chi connectivity index (χ0) is 24.3. The molecule has 0 bridgehead atoms. The second-order valence-electron chi connectivity index (χ2n) is 9.06.